The molecule has 0 radical (unpaired) electrons. The van der Waals surface area contributed by atoms with Crippen molar-refractivity contribution >= 4 is 27.5 Å². The maximum atomic E-state index is 6.28. The molecular weight excluding hydrogens is 289 g/mol. The Kier molecular flexibility index (Phi) is 4.25. The van der Waals surface area contributed by atoms with E-state index < -0.39 is 0 Å². The lowest BCUT2D eigenvalue weighted by atomic mass is 9.88. The lowest BCUT2D eigenvalue weighted by Crippen LogP contribution is -2.27. The highest BCUT2D eigenvalue weighted by Gasteiger charge is 2.23. The summed E-state index contributed by atoms with van der Waals surface area (Å²) in [6.07, 6.45) is 2.04. The first kappa shape index (κ1) is 12.4. The SMILES string of the molecule is N[C@H](c1cc(Br)ccc1Cl)C1CCOCC1. The third-order valence-electron chi connectivity index (χ3n) is 3.09. The normalized spacial score (nSPS) is 19.7. The highest BCUT2D eigenvalue weighted by atomic mass is 79.9. The molecule has 1 aliphatic heterocycles. The predicted molar refractivity (Wildman–Crippen MR) is 69.6 cm³/mol. The van der Waals surface area contributed by atoms with Crippen molar-refractivity contribution in [2.24, 2.45) is 11.7 Å². The van der Waals surface area contributed by atoms with E-state index in [1.807, 2.05) is 18.2 Å². The van der Waals surface area contributed by atoms with Gasteiger partial charge in [-0.1, -0.05) is 27.5 Å². The molecule has 1 saturated heterocycles. The van der Waals surface area contributed by atoms with Crippen molar-refractivity contribution in [1.82, 2.24) is 0 Å². The standard InChI is InChI=1S/C12H15BrClNO/c13-9-1-2-11(14)10(7-9)12(15)8-3-5-16-6-4-8/h1-2,7-8,12H,3-6,15H2/t12-/m0/s1. The third kappa shape index (κ3) is 2.77. The van der Waals surface area contributed by atoms with Crippen LogP contribution >= 0.6 is 27.5 Å². The second kappa shape index (κ2) is 5.50. The van der Waals surface area contributed by atoms with E-state index in [1.165, 1.54) is 0 Å². The van der Waals surface area contributed by atoms with E-state index >= 15 is 0 Å². The Balaban J connectivity index is 2.18. The molecule has 1 aromatic rings. The second-order valence-corrected chi connectivity index (χ2v) is 5.46. The summed E-state index contributed by atoms with van der Waals surface area (Å²) in [5, 5.41) is 0.752. The van der Waals surface area contributed by atoms with Crippen LogP contribution in [-0.2, 0) is 4.74 Å². The Labute approximate surface area is 109 Å². The number of nitrogens with two attached hydrogens (primary N) is 1. The summed E-state index contributed by atoms with van der Waals surface area (Å²) >= 11 is 9.63. The van der Waals surface area contributed by atoms with Crippen molar-refractivity contribution in [2.75, 3.05) is 13.2 Å². The number of hydrogen-bond donors (Lipinski definition) is 1. The minimum absolute atomic E-state index is 0.00824. The van der Waals surface area contributed by atoms with Crippen molar-refractivity contribution in [1.29, 1.82) is 0 Å². The van der Waals surface area contributed by atoms with E-state index in [-0.39, 0.29) is 6.04 Å². The van der Waals surface area contributed by atoms with Gasteiger partial charge in [0.25, 0.3) is 0 Å². The van der Waals surface area contributed by atoms with E-state index in [1.54, 1.807) is 0 Å². The van der Waals surface area contributed by atoms with Gasteiger partial charge in [0.2, 0.25) is 0 Å². The van der Waals surface area contributed by atoms with Gasteiger partial charge in [0.1, 0.15) is 0 Å². The summed E-state index contributed by atoms with van der Waals surface area (Å²) in [5.41, 5.74) is 7.31. The Morgan fingerprint density at radius 2 is 2.06 bits per heavy atom. The molecule has 0 aliphatic carbocycles. The van der Waals surface area contributed by atoms with Crippen molar-refractivity contribution in [3.05, 3.63) is 33.3 Å². The van der Waals surface area contributed by atoms with Crippen LogP contribution in [0, 0.1) is 5.92 Å². The van der Waals surface area contributed by atoms with Crippen LogP contribution in [-0.4, -0.2) is 13.2 Å². The lowest BCUT2D eigenvalue weighted by Gasteiger charge is -2.28. The molecule has 1 atom stereocenters. The molecule has 2 rings (SSSR count). The zero-order valence-corrected chi connectivity index (χ0v) is 11.3. The molecule has 88 valence electrons. The Hall–Kier alpha value is -0.0900. The molecule has 0 amide bonds. The maximum Gasteiger partial charge on any atom is 0.0469 e. The molecule has 2 nitrogen and oxygen atoms in total. The predicted octanol–water partition coefficient (Wildman–Crippen LogP) is 3.53. The van der Waals surface area contributed by atoms with Crippen molar-refractivity contribution < 1.29 is 4.74 Å². The topological polar surface area (TPSA) is 35.2 Å². The number of rotatable bonds is 2. The highest BCUT2D eigenvalue weighted by Crippen LogP contribution is 2.33. The smallest absolute Gasteiger partial charge is 0.0469 e. The third-order valence-corrected chi connectivity index (χ3v) is 3.93. The van der Waals surface area contributed by atoms with Crippen molar-refractivity contribution in [2.45, 2.75) is 18.9 Å². The number of halogens is 2. The van der Waals surface area contributed by atoms with Crippen molar-refractivity contribution in [3.63, 3.8) is 0 Å². The number of benzene rings is 1. The highest BCUT2D eigenvalue weighted by molar-refractivity contribution is 9.10. The monoisotopic (exact) mass is 303 g/mol. The van der Waals surface area contributed by atoms with Gasteiger partial charge < -0.3 is 10.5 Å². The molecule has 0 unspecified atom stereocenters. The van der Waals surface area contributed by atoms with Crippen LogP contribution in [0.4, 0.5) is 0 Å². The summed E-state index contributed by atoms with van der Waals surface area (Å²) in [6, 6.07) is 5.85. The van der Waals surface area contributed by atoms with Gasteiger partial charge in [-0.3, -0.25) is 0 Å². The molecule has 2 N–H and O–H groups in total. The van der Waals surface area contributed by atoms with Gasteiger partial charge in [-0.05, 0) is 42.5 Å². The van der Waals surface area contributed by atoms with Gasteiger partial charge in [-0.15, -0.1) is 0 Å². The second-order valence-electron chi connectivity index (χ2n) is 4.14. The zero-order valence-electron chi connectivity index (χ0n) is 8.96. The van der Waals surface area contributed by atoms with E-state index in [9.17, 15) is 0 Å². The summed E-state index contributed by atoms with van der Waals surface area (Å²) < 4.78 is 6.36. The maximum absolute atomic E-state index is 6.28. The molecule has 4 heteroatoms. The van der Waals surface area contributed by atoms with Crippen molar-refractivity contribution in [3.8, 4) is 0 Å². The summed E-state index contributed by atoms with van der Waals surface area (Å²) in [4.78, 5) is 0. The van der Waals surface area contributed by atoms with E-state index in [0.29, 0.717) is 5.92 Å². The van der Waals surface area contributed by atoms with E-state index in [0.717, 1.165) is 41.1 Å². The molecule has 0 aromatic heterocycles. The quantitative estimate of drug-likeness (QED) is 0.907. The molecule has 1 aliphatic rings. The summed E-state index contributed by atoms with van der Waals surface area (Å²) in [6.45, 7) is 1.62. The Morgan fingerprint density at radius 1 is 1.38 bits per heavy atom. The van der Waals surface area contributed by atoms with Gasteiger partial charge in [-0.2, -0.15) is 0 Å². The molecule has 1 heterocycles. The first-order valence-electron chi connectivity index (χ1n) is 5.47. The first-order valence-corrected chi connectivity index (χ1v) is 6.64. The van der Waals surface area contributed by atoms with Crippen LogP contribution in [0.1, 0.15) is 24.4 Å². The number of ether oxygens (including phenoxy) is 1. The molecule has 0 saturated carbocycles. The Morgan fingerprint density at radius 3 is 2.75 bits per heavy atom. The lowest BCUT2D eigenvalue weighted by molar-refractivity contribution is 0.0584. The van der Waals surface area contributed by atoms with Crippen LogP contribution in [0.25, 0.3) is 0 Å². The summed E-state index contributed by atoms with van der Waals surface area (Å²) in [7, 11) is 0. The van der Waals surface area contributed by atoms with Gasteiger partial charge in [0.15, 0.2) is 0 Å². The number of hydrogen-bond acceptors (Lipinski definition) is 2. The van der Waals surface area contributed by atoms with Crippen LogP contribution < -0.4 is 5.73 Å². The Bertz CT molecular complexity index is 366. The summed E-state index contributed by atoms with van der Waals surface area (Å²) in [5.74, 6) is 0.473. The van der Waals surface area contributed by atoms with E-state index in [2.05, 4.69) is 15.9 Å². The fourth-order valence-corrected chi connectivity index (χ4v) is 2.72. The minimum atomic E-state index is 0.00824. The van der Waals surface area contributed by atoms with Gasteiger partial charge in [0, 0.05) is 28.8 Å². The molecule has 0 spiro atoms. The van der Waals surface area contributed by atoms with Crippen LogP contribution in [0.3, 0.4) is 0 Å². The molecule has 1 aromatic carbocycles. The fraction of sp³-hybridized carbons (Fsp3) is 0.500. The molecular formula is C12H15BrClNO. The fourth-order valence-electron chi connectivity index (χ4n) is 2.10. The van der Waals surface area contributed by atoms with Gasteiger partial charge in [0.05, 0.1) is 0 Å². The van der Waals surface area contributed by atoms with E-state index in [4.69, 9.17) is 22.1 Å². The van der Waals surface area contributed by atoms with Crippen LogP contribution in [0.2, 0.25) is 5.02 Å². The minimum Gasteiger partial charge on any atom is -0.381 e. The zero-order chi connectivity index (χ0) is 11.5. The average Bonchev–Trinajstić information content (AvgIpc) is 2.32. The van der Waals surface area contributed by atoms with Crippen LogP contribution in [0.5, 0.6) is 0 Å². The molecule has 0 bridgehead atoms. The van der Waals surface area contributed by atoms with Gasteiger partial charge in [-0.25, -0.2) is 0 Å². The van der Waals surface area contributed by atoms with Gasteiger partial charge >= 0.3 is 0 Å². The molecule has 1 fully saturated rings. The van der Waals surface area contributed by atoms with Crippen LogP contribution in [0.15, 0.2) is 22.7 Å². The largest absolute Gasteiger partial charge is 0.381 e. The molecule has 16 heavy (non-hydrogen) atoms. The first-order chi connectivity index (χ1) is 7.68. The average molecular weight is 305 g/mol.